The summed E-state index contributed by atoms with van der Waals surface area (Å²) >= 11 is 1.64. The molecule has 0 radical (unpaired) electrons. The molecule has 2 aromatic heterocycles. The predicted octanol–water partition coefficient (Wildman–Crippen LogP) is 3.72. The van der Waals surface area contributed by atoms with Crippen molar-refractivity contribution in [2.24, 2.45) is 5.92 Å². The highest BCUT2D eigenvalue weighted by molar-refractivity contribution is 7.18. The van der Waals surface area contributed by atoms with E-state index in [9.17, 15) is 9.59 Å². The van der Waals surface area contributed by atoms with E-state index >= 15 is 0 Å². The lowest BCUT2D eigenvalue weighted by molar-refractivity contribution is -0.122. The first kappa shape index (κ1) is 19.8. The lowest BCUT2D eigenvalue weighted by atomic mass is 9.89. The number of amides is 1. The van der Waals surface area contributed by atoms with E-state index in [1.807, 2.05) is 25.1 Å². The van der Waals surface area contributed by atoms with E-state index in [-0.39, 0.29) is 24.1 Å². The maximum absolute atomic E-state index is 13.0. The first-order chi connectivity index (χ1) is 14.0. The van der Waals surface area contributed by atoms with E-state index in [4.69, 9.17) is 0 Å². The highest BCUT2D eigenvalue weighted by Crippen LogP contribution is 2.35. The van der Waals surface area contributed by atoms with Crippen LogP contribution in [0.3, 0.4) is 0 Å². The molecule has 2 atom stereocenters. The van der Waals surface area contributed by atoms with Gasteiger partial charge in [0.05, 0.1) is 11.7 Å². The highest BCUT2D eigenvalue weighted by Gasteiger charge is 2.23. The third-order valence-corrected chi connectivity index (χ3v) is 6.87. The van der Waals surface area contributed by atoms with Crippen molar-refractivity contribution in [2.75, 3.05) is 0 Å². The van der Waals surface area contributed by atoms with Crippen LogP contribution in [-0.4, -0.2) is 21.5 Å². The average molecular weight is 410 g/mol. The van der Waals surface area contributed by atoms with Gasteiger partial charge in [-0.05, 0) is 56.1 Å². The summed E-state index contributed by atoms with van der Waals surface area (Å²) < 4.78 is 1.45. The fraction of sp³-hybridized carbons (Fsp3) is 0.435. The van der Waals surface area contributed by atoms with Crippen LogP contribution in [0, 0.1) is 5.92 Å². The maximum atomic E-state index is 13.0. The third kappa shape index (κ3) is 4.42. The van der Waals surface area contributed by atoms with Gasteiger partial charge in [0.15, 0.2) is 0 Å². The smallest absolute Gasteiger partial charge is 0.262 e. The number of aromatic nitrogens is 2. The third-order valence-electron chi connectivity index (χ3n) is 5.71. The number of benzene rings is 1. The van der Waals surface area contributed by atoms with E-state index in [2.05, 4.69) is 29.4 Å². The van der Waals surface area contributed by atoms with Gasteiger partial charge in [-0.2, -0.15) is 0 Å². The van der Waals surface area contributed by atoms with Crippen LogP contribution in [0.5, 0.6) is 0 Å². The van der Waals surface area contributed by atoms with Crippen molar-refractivity contribution >= 4 is 27.5 Å². The van der Waals surface area contributed by atoms with Crippen LogP contribution in [0.4, 0.5) is 0 Å². The summed E-state index contributed by atoms with van der Waals surface area (Å²) in [6.45, 7) is 4.27. The molecule has 1 aliphatic rings. The number of carbonyl (C=O) groups excluding carboxylic acids is 1. The van der Waals surface area contributed by atoms with Gasteiger partial charge in [0.1, 0.15) is 11.4 Å². The summed E-state index contributed by atoms with van der Waals surface area (Å²) in [5.74, 6) is 0.507. The summed E-state index contributed by atoms with van der Waals surface area (Å²) in [6.07, 6.45) is 6.35. The molecule has 0 bridgehead atoms. The number of hydrogen-bond donors (Lipinski definition) is 1. The number of rotatable bonds is 6. The highest BCUT2D eigenvalue weighted by atomic mass is 32.1. The molecule has 0 unspecified atom stereocenters. The van der Waals surface area contributed by atoms with E-state index in [0.717, 1.165) is 47.9 Å². The fourth-order valence-electron chi connectivity index (χ4n) is 4.05. The van der Waals surface area contributed by atoms with Gasteiger partial charge in [-0.1, -0.05) is 37.3 Å². The summed E-state index contributed by atoms with van der Waals surface area (Å²) in [7, 11) is 0. The molecule has 3 aromatic rings. The zero-order chi connectivity index (χ0) is 20.4. The molecule has 0 spiro atoms. The number of nitrogens with one attached hydrogen (secondary N) is 1. The Balaban J connectivity index is 1.43. The van der Waals surface area contributed by atoms with E-state index in [0.29, 0.717) is 5.92 Å². The quantitative estimate of drug-likeness (QED) is 0.675. The van der Waals surface area contributed by atoms with Crippen LogP contribution in [-0.2, 0) is 30.6 Å². The van der Waals surface area contributed by atoms with E-state index in [1.54, 1.807) is 11.3 Å². The van der Waals surface area contributed by atoms with E-state index < -0.39 is 0 Å². The van der Waals surface area contributed by atoms with Crippen LogP contribution in [0.15, 0.2) is 41.5 Å². The van der Waals surface area contributed by atoms with Crippen molar-refractivity contribution in [3.05, 3.63) is 63.0 Å². The molecule has 1 aromatic carbocycles. The second-order valence-electron chi connectivity index (χ2n) is 8.20. The summed E-state index contributed by atoms with van der Waals surface area (Å²) in [4.78, 5) is 32.1. The first-order valence-corrected chi connectivity index (χ1v) is 11.2. The topological polar surface area (TPSA) is 64.0 Å². The number of fused-ring (bicyclic) bond motifs is 3. The second-order valence-corrected chi connectivity index (χ2v) is 9.29. The van der Waals surface area contributed by atoms with Gasteiger partial charge in [-0.3, -0.25) is 14.2 Å². The Hall–Kier alpha value is -2.47. The molecule has 1 aliphatic carbocycles. The van der Waals surface area contributed by atoms with Gasteiger partial charge >= 0.3 is 0 Å². The van der Waals surface area contributed by atoms with Crippen molar-refractivity contribution in [2.45, 2.75) is 58.5 Å². The lowest BCUT2D eigenvalue weighted by Gasteiger charge is -2.17. The first-order valence-electron chi connectivity index (χ1n) is 10.3. The van der Waals surface area contributed by atoms with Crippen molar-refractivity contribution < 1.29 is 4.79 Å². The summed E-state index contributed by atoms with van der Waals surface area (Å²) in [5, 5.41) is 3.74. The Morgan fingerprint density at radius 2 is 2.14 bits per heavy atom. The molecule has 0 saturated heterocycles. The normalized spacial score (nSPS) is 17.1. The number of carbonyl (C=O) groups is 1. The molecule has 152 valence electrons. The average Bonchev–Trinajstić information content (AvgIpc) is 3.07. The zero-order valence-electron chi connectivity index (χ0n) is 17.0. The van der Waals surface area contributed by atoms with Gasteiger partial charge in [0.2, 0.25) is 5.91 Å². The minimum Gasteiger partial charge on any atom is -0.352 e. The van der Waals surface area contributed by atoms with Gasteiger partial charge in [0, 0.05) is 10.9 Å². The van der Waals surface area contributed by atoms with Crippen molar-refractivity contribution in [3.8, 4) is 0 Å². The molecular formula is C23H27N3O2S. The van der Waals surface area contributed by atoms with Gasteiger partial charge in [-0.15, -0.1) is 11.3 Å². The molecule has 1 N–H and O–H groups in total. The van der Waals surface area contributed by atoms with Crippen LogP contribution in [0.1, 0.15) is 42.7 Å². The van der Waals surface area contributed by atoms with Gasteiger partial charge < -0.3 is 5.32 Å². The minimum absolute atomic E-state index is 0.0124. The summed E-state index contributed by atoms with van der Waals surface area (Å²) in [5.41, 5.74) is 2.33. The SMILES string of the molecule is C[C@H]1CCc2c(sc3ncn(CC(=O)N[C@H](C)CCc4ccccc4)c(=O)c23)C1. The monoisotopic (exact) mass is 409 g/mol. The number of aryl methyl sites for hydroxylation is 2. The standard InChI is InChI=1S/C23H27N3O2S/c1-15-8-11-18-19(12-15)29-22-21(18)23(28)26(14-24-22)13-20(27)25-16(2)9-10-17-6-4-3-5-7-17/h3-7,14-16H,8-13H2,1-2H3,(H,25,27)/t15-,16+/m0/s1. The molecule has 0 aliphatic heterocycles. The lowest BCUT2D eigenvalue weighted by Crippen LogP contribution is -2.37. The Bertz CT molecular complexity index is 1070. The number of thiophene rings is 1. The number of hydrogen-bond acceptors (Lipinski definition) is 4. The molecule has 5 nitrogen and oxygen atoms in total. The van der Waals surface area contributed by atoms with Crippen LogP contribution in [0.25, 0.3) is 10.2 Å². The maximum Gasteiger partial charge on any atom is 0.262 e. The van der Waals surface area contributed by atoms with E-state index in [1.165, 1.54) is 21.3 Å². The Morgan fingerprint density at radius 1 is 1.34 bits per heavy atom. The largest absolute Gasteiger partial charge is 0.352 e. The molecule has 6 heteroatoms. The molecular weight excluding hydrogens is 382 g/mol. The van der Waals surface area contributed by atoms with Crippen molar-refractivity contribution in [3.63, 3.8) is 0 Å². The second kappa shape index (κ2) is 8.49. The Morgan fingerprint density at radius 3 is 2.93 bits per heavy atom. The molecule has 29 heavy (non-hydrogen) atoms. The number of nitrogens with zero attached hydrogens (tertiary/aromatic N) is 2. The fourth-order valence-corrected chi connectivity index (χ4v) is 5.39. The molecule has 1 amide bonds. The van der Waals surface area contributed by atoms with Crippen molar-refractivity contribution in [1.82, 2.24) is 14.9 Å². The van der Waals surface area contributed by atoms with Crippen LogP contribution < -0.4 is 10.9 Å². The molecule has 2 heterocycles. The summed E-state index contributed by atoms with van der Waals surface area (Å²) in [6, 6.07) is 10.3. The van der Waals surface area contributed by atoms with Gasteiger partial charge in [-0.25, -0.2) is 4.98 Å². The van der Waals surface area contributed by atoms with Crippen LogP contribution in [0.2, 0.25) is 0 Å². The molecule has 0 fully saturated rings. The Labute approximate surface area is 174 Å². The van der Waals surface area contributed by atoms with Gasteiger partial charge in [0.25, 0.3) is 5.56 Å². The van der Waals surface area contributed by atoms with Crippen molar-refractivity contribution in [1.29, 1.82) is 0 Å². The molecule has 4 rings (SSSR count). The Kier molecular flexibility index (Phi) is 5.81. The minimum atomic E-state index is -0.147. The predicted molar refractivity (Wildman–Crippen MR) is 117 cm³/mol. The molecule has 0 saturated carbocycles. The van der Waals surface area contributed by atoms with Crippen LogP contribution >= 0.6 is 11.3 Å². The zero-order valence-corrected chi connectivity index (χ0v) is 17.8.